The van der Waals surface area contributed by atoms with Gasteiger partial charge >= 0.3 is 23.4 Å². The van der Waals surface area contributed by atoms with Gasteiger partial charge in [-0.1, -0.05) is 30.3 Å². The number of nitrogens with one attached hydrogen (secondary N) is 1. The van der Waals surface area contributed by atoms with Crippen LogP contribution in [0.25, 0.3) is 11.8 Å². The lowest BCUT2D eigenvalue weighted by Crippen LogP contribution is -2.75. The molecule has 4 aromatic rings. The second-order valence-corrected chi connectivity index (χ2v) is 9.90. The van der Waals surface area contributed by atoms with Crippen molar-refractivity contribution < 1.29 is 34.2 Å². The lowest BCUT2D eigenvalue weighted by molar-refractivity contribution is -0.723. The average Bonchev–Trinajstić information content (AvgIpc) is 3.29. The summed E-state index contributed by atoms with van der Waals surface area (Å²) in [5.74, 6) is -0.635. The number of fused-ring (bicyclic) bond motifs is 4. The fourth-order valence-corrected chi connectivity index (χ4v) is 5.37. The Morgan fingerprint density at radius 2 is 1.71 bits per heavy atom. The third-order valence-corrected chi connectivity index (χ3v) is 7.47. The van der Waals surface area contributed by atoms with Gasteiger partial charge in [-0.3, -0.25) is 10.1 Å². The minimum atomic E-state index is -0.694. The minimum absolute atomic E-state index is 0.0495. The molecule has 6 rings (SSSR count). The number of nitro groups is 1. The Hall–Kier alpha value is -5.84. The fraction of sp³-hybridized carbons (Fsp3) is 0.0968. The molecule has 0 fully saturated rings. The monoisotopic (exact) mass is 564 g/mol. The third kappa shape index (κ3) is 4.24. The van der Waals surface area contributed by atoms with Crippen molar-refractivity contribution >= 4 is 35.0 Å². The molecule has 2 heterocycles. The molecule has 1 aliphatic carbocycles. The quantitative estimate of drug-likeness (QED) is 0.0839. The number of non-ortho nitro benzene ring substituents is 1. The average molecular weight is 565 g/mol. The molecule has 208 valence electrons. The summed E-state index contributed by atoms with van der Waals surface area (Å²) < 4.78 is 8.06. The molecule has 3 N–H and O–H groups in total. The van der Waals surface area contributed by atoms with E-state index < -0.39 is 22.4 Å². The van der Waals surface area contributed by atoms with E-state index in [9.17, 15) is 29.9 Å². The summed E-state index contributed by atoms with van der Waals surface area (Å²) in [6.45, 7) is 0. The van der Waals surface area contributed by atoms with Crippen LogP contribution in [0.2, 0.25) is 0 Å². The molecule has 1 atom stereocenters. The number of allylic oxidation sites excluding steroid dienone is 1. The number of hydrogen-bond acceptors (Lipinski definition) is 7. The first-order valence-corrected chi connectivity index (χ1v) is 12.9. The number of esters is 1. The first kappa shape index (κ1) is 26.4. The van der Waals surface area contributed by atoms with Crippen LogP contribution < -0.4 is 19.9 Å². The van der Waals surface area contributed by atoms with E-state index in [1.54, 1.807) is 37.4 Å². The van der Waals surface area contributed by atoms with Gasteiger partial charge < -0.3 is 14.9 Å². The molecule has 0 spiro atoms. The van der Waals surface area contributed by atoms with Crippen LogP contribution in [-0.4, -0.2) is 31.4 Å². The van der Waals surface area contributed by atoms with E-state index in [1.807, 2.05) is 18.2 Å². The maximum Gasteiger partial charge on any atom is 0.519 e. The predicted molar refractivity (Wildman–Crippen MR) is 151 cm³/mol. The van der Waals surface area contributed by atoms with E-state index in [2.05, 4.69) is 4.99 Å². The highest BCUT2D eigenvalue weighted by Gasteiger charge is 2.47. The van der Waals surface area contributed by atoms with Gasteiger partial charge in [0.1, 0.15) is 25.6 Å². The summed E-state index contributed by atoms with van der Waals surface area (Å²) in [6, 6.07) is 19.5. The number of rotatable bonds is 5. The van der Waals surface area contributed by atoms with Crippen LogP contribution in [0.15, 0.2) is 89.2 Å². The molecule has 1 aliphatic heterocycles. The molecule has 0 bridgehead atoms. The van der Waals surface area contributed by atoms with E-state index in [0.717, 1.165) is 10.1 Å². The molecule has 0 saturated heterocycles. The Bertz CT molecular complexity index is 1950. The SMILES string of the molecule is Cn1c(O)[n+](C)c2c(c1=O)C(c1ccc(OC(=O)/C=C/c3ccc([N+](=O)[O-])cc3)cc1)C1=C(O)c3ccccc3C1=[NH+]2. The van der Waals surface area contributed by atoms with Crippen molar-refractivity contribution in [2.24, 2.45) is 14.1 Å². The summed E-state index contributed by atoms with van der Waals surface area (Å²) in [6.07, 6.45) is 2.70. The first-order chi connectivity index (χ1) is 20.2. The molecule has 0 amide bonds. The van der Waals surface area contributed by atoms with Crippen LogP contribution in [0.5, 0.6) is 11.8 Å². The summed E-state index contributed by atoms with van der Waals surface area (Å²) >= 11 is 0. The normalized spacial score (nSPS) is 15.2. The molecule has 1 aromatic heterocycles. The van der Waals surface area contributed by atoms with E-state index >= 15 is 0 Å². The predicted octanol–water partition coefficient (Wildman–Crippen LogP) is 2.07. The van der Waals surface area contributed by atoms with Gasteiger partial charge in [-0.2, -0.15) is 0 Å². The van der Waals surface area contributed by atoms with Crippen LogP contribution in [0.3, 0.4) is 0 Å². The van der Waals surface area contributed by atoms with Gasteiger partial charge in [0.2, 0.25) is 0 Å². The van der Waals surface area contributed by atoms with Crippen LogP contribution >= 0.6 is 0 Å². The molecule has 42 heavy (non-hydrogen) atoms. The number of hydrogen-bond donors (Lipinski definition) is 3. The molecule has 1 unspecified atom stereocenters. The molecule has 3 aromatic carbocycles. The molecule has 11 nitrogen and oxygen atoms in total. The first-order valence-electron chi connectivity index (χ1n) is 12.9. The second-order valence-electron chi connectivity index (χ2n) is 9.90. The number of nitrogens with zero attached hydrogens (tertiary/aromatic N) is 3. The van der Waals surface area contributed by atoms with E-state index in [1.165, 1.54) is 48.0 Å². The van der Waals surface area contributed by atoms with Crippen molar-refractivity contribution in [3.8, 4) is 11.8 Å². The Balaban J connectivity index is 1.34. The Labute approximate surface area is 238 Å². The number of aliphatic hydroxyl groups is 1. The number of aromatic nitrogens is 2. The van der Waals surface area contributed by atoms with Crippen LogP contribution in [-0.2, 0) is 18.9 Å². The maximum absolute atomic E-state index is 13.5. The summed E-state index contributed by atoms with van der Waals surface area (Å²) in [4.78, 5) is 39.5. The van der Waals surface area contributed by atoms with Crippen molar-refractivity contribution in [1.29, 1.82) is 0 Å². The summed E-state index contributed by atoms with van der Waals surface area (Å²) in [5.41, 5.74) is 3.67. The van der Waals surface area contributed by atoms with Gasteiger partial charge in [0.15, 0.2) is 11.3 Å². The largest absolute Gasteiger partial charge is 0.519 e. The highest BCUT2D eigenvalue weighted by atomic mass is 16.6. The topological polar surface area (TPSA) is 150 Å². The van der Waals surface area contributed by atoms with E-state index in [0.29, 0.717) is 39.4 Å². The molecule has 11 heteroatoms. The smallest absolute Gasteiger partial charge is 0.507 e. The Morgan fingerprint density at radius 3 is 2.38 bits per heavy atom. The van der Waals surface area contributed by atoms with E-state index in [-0.39, 0.29) is 23.2 Å². The lowest BCUT2D eigenvalue weighted by Gasteiger charge is -2.22. The number of aromatic hydroxyl groups is 1. The van der Waals surface area contributed by atoms with Gasteiger partial charge in [-0.15, -0.1) is 9.13 Å². The summed E-state index contributed by atoms with van der Waals surface area (Å²) in [5, 5.41) is 32.7. The number of ether oxygens (including phenoxy) is 1. The van der Waals surface area contributed by atoms with Crippen LogP contribution in [0.1, 0.15) is 33.7 Å². The van der Waals surface area contributed by atoms with Gasteiger partial charge in [0.25, 0.3) is 5.69 Å². The highest BCUT2D eigenvalue weighted by molar-refractivity contribution is 6.21. The number of carbonyl (C=O) groups is 1. The van der Waals surface area contributed by atoms with Crippen LogP contribution in [0.4, 0.5) is 11.5 Å². The summed E-state index contributed by atoms with van der Waals surface area (Å²) in [7, 11) is 3.11. The number of carbonyl (C=O) groups excluding carboxylic acids is 1. The number of aliphatic hydroxyl groups excluding tert-OH is 1. The van der Waals surface area contributed by atoms with Crippen molar-refractivity contribution in [2.75, 3.05) is 0 Å². The van der Waals surface area contributed by atoms with Crippen molar-refractivity contribution in [3.63, 3.8) is 0 Å². The molecule has 0 saturated carbocycles. The van der Waals surface area contributed by atoms with E-state index in [4.69, 9.17) is 4.74 Å². The molecule has 0 radical (unpaired) electrons. The standard InChI is InChI=1S/C31H22N4O7/c1-33-29-26(30(38)34(2)31(33)39)24(25-27(32-29)21-5-3-4-6-22(21)28(25)37)18-10-14-20(15-11-18)42-23(36)16-9-17-7-12-19(13-8-17)35(40)41/h3-16,24H,1-2H3,(H,32,37,38)/p+2/b16-9+. The number of benzene rings is 3. The maximum atomic E-state index is 13.5. The third-order valence-electron chi connectivity index (χ3n) is 7.47. The highest BCUT2D eigenvalue weighted by Crippen LogP contribution is 2.43. The van der Waals surface area contributed by atoms with Crippen molar-refractivity contribution in [1.82, 2.24) is 4.57 Å². The lowest BCUT2D eigenvalue weighted by atomic mass is 9.81. The fourth-order valence-electron chi connectivity index (χ4n) is 5.37. The Morgan fingerprint density at radius 1 is 1.05 bits per heavy atom. The molecular formula is C31H24N4O7+2. The van der Waals surface area contributed by atoms with Crippen molar-refractivity contribution in [2.45, 2.75) is 5.92 Å². The zero-order valence-corrected chi connectivity index (χ0v) is 22.4. The zero-order valence-electron chi connectivity index (χ0n) is 22.4. The second kappa shape index (κ2) is 9.97. The Kier molecular flexibility index (Phi) is 6.26. The van der Waals surface area contributed by atoms with Gasteiger partial charge in [0, 0.05) is 29.3 Å². The molecular weight excluding hydrogens is 540 g/mol. The zero-order chi connectivity index (χ0) is 29.7. The van der Waals surface area contributed by atoms with Crippen LogP contribution in [0, 0.1) is 10.1 Å². The van der Waals surface area contributed by atoms with Gasteiger partial charge in [-0.25, -0.2) is 14.6 Å². The van der Waals surface area contributed by atoms with Gasteiger partial charge in [0.05, 0.1) is 16.4 Å². The number of nitro benzene ring substituents is 1. The molecule has 2 aliphatic rings. The van der Waals surface area contributed by atoms with Gasteiger partial charge in [-0.05, 0) is 47.5 Å². The van der Waals surface area contributed by atoms with Crippen molar-refractivity contribution in [3.05, 3.63) is 133 Å². The minimum Gasteiger partial charge on any atom is -0.507 e.